The van der Waals surface area contributed by atoms with Gasteiger partial charge in [-0.25, -0.2) is 9.97 Å². The molecule has 3 rings (SSSR count). The minimum atomic E-state index is 0.131. The number of carbonyl (C=O) groups is 1. The lowest BCUT2D eigenvalue weighted by Gasteiger charge is -2.21. The maximum atomic E-state index is 12.6. The summed E-state index contributed by atoms with van der Waals surface area (Å²) in [7, 11) is 0. The van der Waals surface area contributed by atoms with Crippen LogP contribution in [0.15, 0.2) is 10.9 Å². The third-order valence-corrected chi connectivity index (χ3v) is 5.61. The predicted molar refractivity (Wildman–Crippen MR) is 89.5 cm³/mol. The van der Waals surface area contributed by atoms with Crippen molar-refractivity contribution >= 4 is 28.6 Å². The van der Waals surface area contributed by atoms with Crippen molar-refractivity contribution in [3.63, 3.8) is 0 Å². The Morgan fingerprint density at radius 1 is 1.23 bits per heavy atom. The Morgan fingerprint density at radius 2 is 2.09 bits per heavy atom. The molecule has 118 valence electrons. The smallest absolute Gasteiger partial charge is 0.265 e. The van der Waals surface area contributed by atoms with Crippen LogP contribution in [-0.4, -0.2) is 51.9 Å². The molecule has 0 atom stereocenters. The lowest BCUT2D eigenvalue weighted by Crippen LogP contribution is -2.35. The molecule has 0 aromatic carbocycles. The van der Waals surface area contributed by atoms with Crippen molar-refractivity contribution in [3.8, 4) is 0 Å². The van der Waals surface area contributed by atoms with Gasteiger partial charge in [0.1, 0.15) is 4.88 Å². The monoisotopic (exact) mass is 336 g/mol. The molecule has 1 aliphatic rings. The molecule has 2 aromatic rings. The molecular formula is C15H20N4OS2. The van der Waals surface area contributed by atoms with Gasteiger partial charge in [0.2, 0.25) is 0 Å². The number of hydrogen-bond donors (Lipinski definition) is 0. The Kier molecular flexibility index (Phi) is 4.85. The molecule has 1 saturated heterocycles. The normalized spacial score (nSPS) is 16.7. The van der Waals surface area contributed by atoms with E-state index in [1.54, 1.807) is 16.8 Å². The number of hydrogen-bond acceptors (Lipinski definition) is 6. The van der Waals surface area contributed by atoms with E-state index in [-0.39, 0.29) is 5.91 Å². The number of thiazole rings is 2. The highest BCUT2D eigenvalue weighted by Crippen LogP contribution is 2.17. The highest BCUT2D eigenvalue weighted by molar-refractivity contribution is 7.11. The van der Waals surface area contributed by atoms with E-state index in [1.165, 1.54) is 11.3 Å². The van der Waals surface area contributed by atoms with Gasteiger partial charge in [-0.2, -0.15) is 0 Å². The predicted octanol–water partition coefficient (Wildman–Crippen LogP) is 2.56. The molecule has 1 amide bonds. The van der Waals surface area contributed by atoms with Crippen LogP contribution in [0.3, 0.4) is 0 Å². The van der Waals surface area contributed by atoms with Crippen LogP contribution in [0.2, 0.25) is 0 Å². The maximum Gasteiger partial charge on any atom is 0.265 e. The van der Waals surface area contributed by atoms with E-state index in [9.17, 15) is 4.79 Å². The standard InChI is InChI=1S/C15H20N4OS2/c1-11-14(22-10-16-11)15(20)19-5-3-4-18(6-7-19)8-13-9-21-12(2)17-13/h9-10H,3-8H2,1-2H3. The van der Waals surface area contributed by atoms with Crippen molar-refractivity contribution in [3.05, 3.63) is 32.2 Å². The summed E-state index contributed by atoms with van der Waals surface area (Å²) < 4.78 is 0. The van der Waals surface area contributed by atoms with Crippen LogP contribution < -0.4 is 0 Å². The summed E-state index contributed by atoms with van der Waals surface area (Å²) in [5.74, 6) is 0.131. The van der Waals surface area contributed by atoms with E-state index in [2.05, 4.69) is 20.2 Å². The zero-order valence-electron chi connectivity index (χ0n) is 12.9. The molecule has 0 unspecified atom stereocenters. The molecule has 7 heteroatoms. The zero-order chi connectivity index (χ0) is 15.5. The Morgan fingerprint density at radius 3 is 2.77 bits per heavy atom. The number of nitrogens with zero attached hydrogens (tertiary/aromatic N) is 4. The number of carbonyl (C=O) groups excluding carboxylic acids is 1. The second kappa shape index (κ2) is 6.85. The molecule has 3 heterocycles. The summed E-state index contributed by atoms with van der Waals surface area (Å²) in [6, 6.07) is 0. The summed E-state index contributed by atoms with van der Waals surface area (Å²) >= 11 is 3.14. The first-order chi connectivity index (χ1) is 10.6. The lowest BCUT2D eigenvalue weighted by molar-refractivity contribution is 0.0765. The molecule has 0 spiro atoms. The average molecular weight is 336 g/mol. The van der Waals surface area contributed by atoms with Crippen molar-refractivity contribution < 1.29 is 4.79 Å². The third-order valence-electron chi connectivity index (χ3n) is 3.87. The van der Waals surface area contributed by atoms with Crippen LogP contribution in [0, 0.1) is 13.8 Å². The van der Waals surface area contributed by atoms with Crippen LogP contribution in [0.5, 0.6) is 0 Å². The summed E-state index contributed by atoms with van der Waals surface area (Å²) in [6.07, 6.45) is 1.01. The number of amides is 1. The van der Waals surface area contributed by atoms with Crippen molar-refractivity contribution in [1.82, 2.24) is 19.8 Å². The largest absolute Gasteiger partial charge is 0.337 e. The zero-order valence-corrected chi connectivity index (χ0v) is 14.5. The van der Waals surface area contributed by atoms with E-state index in [4.69, 9.17) is 0 Å². The molecule has 1 fully saturated rings. The second-order valence-corrected chi connectivity index (χ2v) is 7.46. The topological polar surface area (TPSA) is 49.3 Å². The molecule has 0 radical (unpaired) electrons. The fourth-order valence-electron chi connectivity index (χ4n) is 2.69. The van der Waals surface area contributed by atoms with Gasteiger partial charge >= 0.3 is 0 Å². The van der Waals surface area contributed by atoms with E-state index in [0.717, 1.165) is 60.4 Å². The minimum absolute atomic E-state index is 0.131. The summed E-state index contributed by atoms with van der Waals surface area (Å²) in [5, 5.41) is 3.24. The van der Waals surface area contributed by atoms with Gasteiger partial charge in [0, 0.05) is 38.1 Å². The van der Waals surface area contributed by atoms with Gasteiger partial charge in [-0.1, -0.05) is 0 Å². The van der Waals surface area contributed by atoms with Gasteiger partial charge < -0.3 is 4.90 Å². The van der Waals surface area contributed by atoms with E-state index in [0.29, 0.717) is 0 Å². The third kappa shape index (κ3) is 3.53. The van der Waals surface area contributed by atoms with E-state index >= 15 is 0 Å². The Bertz CT molecular complexity index is 652. The van der Waals surface area contributed by atoms with Crippen LogP contribution >= 0.6 is 22.7 Å². The fraction of sp³-hybridized carbons (Fsp3) is 0.533. The molecule has 0 N–H and O–H groups in total. The molecule has 0 aliphatic carbocycles. The highest BCUT2D eigenvalue weighted by atomic mass is 32.1. The Hall–Kier alpha value is -1.31. The lowest BCUT2D eigenvalue weighted by atomic mass is 10.3. The number of rotatable bonds is 3. The summed E-state index contributed by atoms with van der Waals surface area (Å²) in [4.78, 5) is 26.4. The quantitative estimate of drug-likeness (QED) is 0.864. The van der Waals surface area contributed by atoms with E-state index < -0.39 is 0 Å². The Labute approximate surface area is 138 Å². The van der Waals surface area contributed by atoms with Gasteiger partial charge in [-0.15, -0.1) is 22.7 Å². The van der Waals surface area contributed by atoms with Gasteiger partial charge in [-0.05, 0) is 20.3 Å². The molecule has 0 saturated carbocycles. The van der Waals surface area contributed by atoms with Gasteiger partial charge in [0.15, 0.2) is 0 Å². The molecule has 22 heavy (non-hydrogen) atoms. The SMILES string of the molecule is Cc1nc(CN2CCCN(C(=O)c3scnc3C)CC2)cs1. The highest BCUT2D eigenvalue weighted by Gasteiger charge is 2.23. The first-order valence-electron chi connectivity index (χ1n) is 7.46. The van der Waals surface area contributed by atoms with Crippen molar-refractivity contribution in [2.45, 2.75) is 26.8 Å². The van der Waals surface area contributed by atoms with E-state index in [1.807, 2.05) is 18.7 Å². The van der Waals surface area contributed by atoms with Crippen LogP contribution in [0.1, 0.15) is 32.5 Å². The first-order valence-corrected chi connectivity index (χ1v) is 9.22. The van der Waals surface area contributed by atoms with Crippen LogP contribution in [-0.2, 0) is 6.54 Å². The van der Waals surface area contributed by atoms with Gasteiger partial charge in [0.25, 0.3) is 5.91 Å². The van der Waals surface area contributed by atoms with Crippen LogP contribution in [0.25, 0.3) is 0 Å². The number of aryl methyl sites for hydroxylation is 2. The maximum absolute atomic E-state index is 12.6. The molecule has 1 aliphatic heterocycles. The molecular weight excluding hydrogens is 316 g/mol. The molecule has 2 aromatic heterocycles. The van der Waals surface area contributed by atoms with Crippen molar-refractivity contribution in [1.29, 1.82) is 0 Å². The Balaban J connectivity index is 1.60. The first kappa shape index (κ1) is 15.6. The average Bonchev–Trinajstić information content (AvgIpc) is 3.02. The van der Waals surface area contributed by atoms with Crippen molar-refractivity contribution in [2.75, 3.05) is 26.2 Å². The molecule has 0 bridgehead atoms. The second-order valence-electron chi connectivity index (χ2n) is 5.55. The van der Waals surface area contributed by atoms with Gasteiger partial charge in [-0.3, -0.25) is 9.69 Å². The van der Waals surface area contributed by atoms with Gasteiger partial charge in [0.05, 0.1) is 21.9 Å². The summed E-state index contributed by atoms with van der Waals surface area (Å²) in [6.45, 7) is 8.34. The minimum Gasteiger partial charge on any atom is -0.337 e. The van der Waals surface area contributed by atoms with Crippen LogP contribution in [0.4, 0.5) is 0 Å². The molecule has 5 nitrogen and oxygen atoms in total. The summed E-state index contributed by atoms with van der Waals surface area (Å²) in [5.41, 5.74) is 3.73. The fourth-order valence-corrected chi connectivity index (χ4v) is 4.07. The number of aromatic nitrogens is 2. The van der Waals surface area contributed by atoms with Crippen molar-refractivity contribution in [2.24, 2.45) is 0 Å².